The Labute approximate surface area is 231 Å². The van der Waals surface area contributed by atoms with Crippen LogP contribution in [0, 0.1) is 18.4 Å². The van der Waals surface area contributed by atoms with E-state index in [4.69, 9.17) is 32.6 Å². The van der Waals surface area contributed by atoms with Crippen LogP contribution in [0.2, 0.25) is 5.02 Å². The molecule has 0 amide bonds. The van der Waals surface area contributed by atoms with Crippen molar-refractivity contribution in [2.75, 3.05) is 49.6 Å². The molecule has 0 aliphatic carbocycles. The molecule has 0 radical (unpaired) electrons. The smallest absolute Gasteiger partial charge is 0.293 e. The molecule has 2 N–H and O–H groups in total. The minimum atomic E-state index is -0.892. The fraction of sp³-hybridized carbons (Fsp3) is 0.464. The molecule has 39 heavy (non-hydrogen) atoms. The average molecular weight is 555 g/mol. The summed E-state index contributed by atoms with van der Waals surface area (Å²) in [5.41, 5.74) is 1.55. The van der Waals surface area contributed by atoms with Crippen LogP contribution in [0.25, 0.3) is 15.7 Å². The topological polar surface area (TPSA) is 85.0 Å². The lowest BCUT2D eigenvalue weighted by atomic mass is 9.89. The summed E-state index contributed by atoms with van der Waals surface area (Å²) in [6, 6.07) is 8.89. The molecule has 11 heteroatoms. The molecule has 2 aromatic heterocycles. The molecular weight excluding hydrogens is 523 g/mol. The molecule has 206 valence electrons. The first-order chi connectivity index (χ1) is 18.7. The maximum atomic E-state index is 14.4. The van der Waals surface area contributed by atoms with Gasteiger partial charge in [-0.2, -0.15) is 0 Å². The number of pyridine rings is 2. The van der Waals surface area contributed by atoms with Crippen molar-refractivity contribution >= 4 is 45.5 Å². The Morgan fingerprint density at radius 2 is 2.05 bits per heavy atom. The van der Waals surface area contributed by atoms with Gasteiger partial charge < -0.3 is 29.6 Å². The molecule has 2 saturated heterocycles. The van der Waals surface area contributed by atoms with Gasteiger partial charge in [0.1, 0.15) is 30.5 Å². The summed E-state index contributed by atoms with van der Waals surface area (Å²) >= 11 is 6.52. The van der Waals surface area contributed by atoms with E-state index in [1.54, 1.807) is 23.7 Å². The zero-order chi connectivity index (χ0) is 27.7. The molecule has 1 unspecified atom stereocenters. The third kappa shape index (κ3) is 5.66. The molecule has 9 nitrogen and oxygen atoms in total. The number of nitrogens with zero attached hydrogens (tertiary/aromatic N) is 4. The van der Waals surface area contributed by atoms with Gasteiger partial charge in [-0.05, 0) is 30.3 Å². The summed E-state index contributed by atoms with van der Waals surface area (Å²) < 4.78 is 27.5. The zero-order valence-corrected chi connectivity index (χ0v) is 23.0. The number of rotatable bonds is 6. The standard InChI is InChI=1S/C28H32ClFN6O3/c1-16-13-36(14-17(2)25(16)30)27-22(31-3)11-21(29)26(34-27)33-19-5-6-23-18(9-19)10-24(28(37)35(23)4)39-15-20-12-32-7-8-38-20/h5-6,9-11,16-17,20,25,32H,7-8,12-15H2,1-2,4H3,(H,33,34)/t16-,17+,20-,25?/m1/s1. The Balaban J connectivity index is 1.43. The minimum absolute atomic E-state index is 0.116. The Bertz CT molecular complexity index is 1460. The van der Waals surface area contributed by atoms with E-state index in [0.717, 1.165) is 17.4 Å². The Morgan fingerprint density at radius 3 is 2.74 bits per heavy atom. The molecule has 2 aliphatic rings. The molecule has 2 fully saturated rings. The zero-order valence-electron chi connectivity index (χ0n) is 22.2. The van der Waals surface area contributed by atoms with Crippen LogP contribution in [0.1, 0.15) is 13.8 Å². The maximum Gasteiger partial charge on any atom is 0.293 e. The van der Waals surface area contributed by atoms with Crippen LogP contribution in [-0.2, 0) is 11.8 Å². The predicted octanol–water partition coefficient (Wildman–Crippen LogP) is 4.68. The van der Waals surface area contributed by atoms with Gasteiger partial charge in [0.05, 0.1) is 23.7 Å². The molecule has 5 rings (SSSR count). The van der Waals surface area contributed by atoms with E-state index in [0.29, 0.717) is 54.3 Å². The third-order valence-electron chi connectivity index (χ3n) is 7.34. The van der Waals surface area contributed by atoms with Crippen LogP contribution < -0.4 is 25.8 Å². The van der Waals surface area contributed by atoms with Crippen molar-refractivity contribution in [3.8, 4) is 5.75 Å². The number of benzene rings is 1. The number of nitrogens with one attached hydrogen (secondary N) is 2. The summed E-state index contributed by atoms with van der Waals surface area (Å²) in [7, 11) is 1.71. The number of hydrogen-bond donors (Lipinski definition) is 2. The molecule has 3 aromatic rings. The molecule has 4 atom stereocenters. The van der Waals surface area contributed by atoms with Crippen molar-refractivity contribution in [2.45, 2.75) is 26.1 Å². The Hall–Kier alpha value is -3.39. The number of halogens is 2. The van der Waals surface area contributed by atoms with E-state index < -0.39 is 6.17 Å². The fourth-order valence-electron chi connectivity index (χ4n) is 5.26. The van der Waals surface area contributed by atoms with Gasteiger partial charge in [0.25, 0.3) is 5.56 Å². The highest BCUT2D eigenvalue weighted by molar-refractivity contribution is 6.33. The van der Waals surface area contributed by atoms with Crippen molar-refractivity contribution in [1.29, 1.82) is 0 Å². The summed E-state index contributed by atoms with van der Waals surface area (Å²) in [4.78, 5) is 23.2. The highest BCUT2D eigenvalue weighted by Crippen LogP contribution is 2.38. The van der Waals surface area contributed by atoms with Crippen molar-refractivity contribution < 1.29 is 13.9 Å². The molecular formula is C28H32ClFN6O3. The van der Waals surface area contributed by atoms with Crippen LogP contribution >= 0.6 is 11.6 Å². The lowest BCUT2D eigenvalue weighted by molar-refractivity contribution is -0.000135. The first-order valence-corrected chi connectivity index (χ1v) is 13.5. The fourth-order valence-corrected chi connectivity index (χ4v) is 5.45. The van der Waals surface area contributed by atoms with Crippen molar-refractivity contribution in [1.82, 2.24) is 14.9 Å². The van der Waals surface area contributed by atoms with Gasteiger partial charge in [-0.25, -0.2) is 14.2 Å². The van der Waals surface area contributed by atoms with Gasteiger partial charge in [0.2, 0.25) is 5.69 Å². The molecule has 0 bridgehead atoms. The lowest BCUT2D eigenvalue weighted by Gasteiger charge is -2.39. The number of aryl methyl sites for hydroxylation is 1. The molecule has 0 saturated carbocycles. The number of ether oxygens (including phenoxy) is 2. The Morgan fingerprint density at radius 1 is 1.28 bits per heavy atom. The number of hydrogen-bond acceptors (Lipinski definition) is 7. The van der Waals surface area contributed by atoms with Gasteiger partial charge in [0, 0.05) is 56.1 Å². The monoisotopic (exact) mass is 554 g/mol. The highest BCUT2D eigenvalue weighted by Gasteiger charge is 2.33. The van der Waals surface area contributed by atoms with Crippen LogP contribution in [0.15, 0.2) is 35.1 Å². The number of anilines is 3. The maximum absolute atomic E-state index is 14.4. The lowest BCUT2D eigenvalue weighted by Crippen LogP contribution is -2.46. The predicted molar refractivity (Wildman–Crippen MR) is 152 cm³/mol. The number of piperidine rings is 1. The van der Waals surface area contributed by atoms with E-state index >= 15 is 0 Å². The molecule has 4 heterocycles. The second kappa shape index (κ2) is 11.4. The normalized spacial score (nSPS) is 23.4. The first-order valence-electron chi connectivity index (χ1n) is 13.1. The van der Waals surface area contributed by atoms with Crippen LogP contribution in [0.3, 0.4) is 0 Å². The van der Waals surface area contributed by atoms with Gasteiger partial charge in [0.15, 0.2) is 5.75 Å². The minimum Gasteiger partial charge on any atom is -0.485 e. The van der Waals surface area contributed by atoms with Gasteiger partial charge in [-0.3, -0.25) is 4.79 Å². The molecule has 0 spiro atoms. The Kier molecular flexibility index (Phi) is 7.93. The quantitative estimate of drug-likeness (QED) is 0.428. The molecule has 1 aromatic carbocycles. The van der Waals surface area contributed by atoms with Crippen molar-refractivity contribution in [3.05, 3.63) is 57.1 Å². The number of alkyl halides is 1. The van der Waals surface area contributed by atoms with Gasteiger partial charge in [-0.1, -0.05) is 25.4 Å². The number of fused-ring (bicyclic) bond motifs is 1. The van der Waals surface area contributed by atoms with E-state index in [1.807, 2.05) is 36.9 Å². The second-order valence-electron chi connectivity index (χ2n) is 10.4. The number of morpholine rings is 1. The van der Waals surface area contributed by atoms with Crippen LogP contribution in [0.5, 0.6) is 5.75 Å². The number of aromatic nitrogens is 2. The highest BCUT2D eigenvalue weighted by atomic mass is 35.5. The van der Waals surface area contributed by atoms with Crippen LogP contribution in [0.4, 0.5) is 27.4 Å². The summed E-state index contributed by atoms with van der Waals surface area (Å²) in [5.74, 6) is 0.775. The summed E-state index contributed by atoms with van der Waals surface area (Å²) in [6.45, 7) is 14.7. The second-order valence-corrected chi connectivity index (χ2v) is 10.8. The van der Waals surface area contributed by atoms with Crippen LogP contribution in [-0.4, -0.2) is 61.2 Å². The van der Waals surface area contributed by atoms with Crippen molar-refractivity contribution in [2.24, 2.45) is 18.9 Å². The van der Waals surface area contributed by atoms with Crippen molar-refractivity contribution in [3.63, 3.8) is 0 Å². The molecule has 2 aliphatic heterocycles. The SMILES string of the molecule is [C-]#[N+]c1cc(Cl)c(Nc2ccc3c(c2)cc(OC[C@H]2CNCCO2)c(=O)n3C)nc1N1C[C@@H](C)C(F)[C@@H](C)C1. The van der Waals surface area contributed by atoms with E-state index in [2.05, 4.69) is 15.5 Å². The van der Waals surface area contributed by atoms with E-state index in [1.165, 1.54) is 0 Å². The van der Waals surface area contributed by atoms with E-state index in [-0.39, 0.29) is 35.9 Å². The largest absolute Gasteiger partial charge is 0.485 e. The average Bonchev–Trinajstić information content (AvgIpc) is 2.94. The third-order valence-corrected chi connectivity index (χ3v) is 7.63. The van der Waals surface area contributed by atoms with Gasteiger partial charge >= 0.3 is 0 Å². The van der Waals surface area contributed by atoms with Gasteiger partial charge in [-0.15, -0.1) is 0 Å². The van der Waals surface area contributed by atoms with E-state index in [9.17, 15) is 9.18 Å². The summed E-state index contributed by atoms with van der Waals surface area (Å²) in [5, 5.41) is 7.61. The first kappa shape index (κ1) is 27.2. The summed E-state index contributed by atoms with van der Waals surface area (Å²) in [6.07, 6.45) is -1.01.